The van der Waals surface area contributed by atoms with E-state index in [1.54, 1.807) is 62.7 Å². The lowest BCUT2D eigenvalue weighted by Crippen LogP contribution is -2.56. The van der Waals surface area contributed by atoms with Gasteiger partial charge in [-0.05, 0) is 67.9 Å². The van der Waals surface area contributed by atoms with Crippen LogP contribution in [0.4, 0.5) is 8.78 Å². The molecule has 0 bridgehead atoms. The number of carbonyl (C=O) groups is 13. The maximum absolute atomic E-state index is 15.4. The molecule has 27 heteroatoms. The van der Waals surface area contributed by atoms with Crippen molar-refractivity contribution in [2.75, 3.05) is 26.2 Å². The summed E-state index contributed by atoms with van der Waals surface area (Å²) in [6.07, 6.45) is -0.310. The maximum atomic E-state index is 15.4. The number of ketones is 2. The number of Topliss-reactive ketones (excluding diaryl/α,β-unsaturated/α-hetero) is 2. The highest BCUT2D eigenvalue weighted by atomic mass is 19.1. The van der Waals surface area contributed by atoms with Gasteiger partial charge in [-0.3, -0.25) is 62.4 Å². The first-order chi connectivity index (χ1) is 41.4. The minimum absolute atomic E-state index is 0.100. The van der Waals surface area contributed by atoms with E-state index < -0.39 is 170 Å². The molecule has 88 heavy (non-hydrogen) atoms. The molecule has 1 aliphatic heterocycles. The fourth-order valence-corrected chi connectivity index (χ4v) is 10.0. The molecule has 1 fully saturated rings. The number of carbonyl (C=O) groups excluding carboxylic acids is 11. The number of unbranched alkanes of at least 4 members (excludes halogenated alkanes) is 2. The van der Waals surface area contributed by atoms with E-state index in [1.807, 2.05) is 12.1 Å². The van der Waals surface area contributed by atoms with Gasteiger partial charge >= 0.3 is 11.9 Å². The Morgan fingerprint density at radius 1 is 0.750 bits per heavy atom. The zero-order chi connectivity index (χ0) is 65.6. The Labute approximate surface area is 508 Å². The van der Waals surface area contributed by atoms with Gasteiger partial charge in [-0.1, -0.05) is 71.4 Å². The molecule has 9 amide bonds. The van der Waals surface area contributed by atoms with E-state index in [-0.39, 0.29) is 73.4 Å². The number of nitrogens with two attached hydrogens (primary N) is 1. The summed E-state index contributed by atoms with van der Waals surface area (Å²) in [6, 6.07) is 6.23. The quantitative estimate of drug-likeness (QED) is 0.0296. The smallest absolute Gasteiger partial charge is 0.326 e. The van der Waals surface area contributed by atoms with Gasteiger partial charge in [-0.15, -0.1) is 0 Å². The lowest BCUT2D eigenvalue weighted by Gasteiger charge is -2.41. The lowest BCUT2D eigenvalue weighted by atomic mass is 9.82. The summed E-state index contributed by atoms with van der Waals surface area (Å²) in [5, 5.41) is 41.1. The SMILES string of the molecule is CC1CC(=O)N(CCCCCC(=O)CCC(=O)N[C@@H](C)C(=O)C[C@@H](C)C(=O)N[C@@H](CC(N)=O)C(=O)N[C@@H](CCN(C(=O)CO)[C@@H](c2cc(-c3cc(F)ccc3F)cn2Cc2ccccc2)C(C)(C)C)C(=O)NCCC(=O)N[C@@H](CCC(=O)O)C(=O)O)C1=O. The van der Waals surface area contributed by atoms with E-state index in [2.05, 4.69) is 26.6 Å². The van der Waals surface area contributed by atoms with Gasteiger partial charge in [0, 0.05) is 106 Å². The van der Waals surface area contributed by atoms with Crippen molar-refractivity contribution in [1.29, 1.82) is 0 Å². The Bertz CT molecular complexity index is 3040. The third kappa shape index (κ3) is 22.5. The van der Waals surface area contributed by atoms with Gasteiger partial charge in [0.15, 0.2) is 5.78 Å². The number of likely N-dealkylation sites (tertiary alicyclic amines) is 1. The number of aliphatic hydroxyl groups is 1. The Morgan fingerprint density at radius 3 is 2.03 bits per heavy atom. The fraction of sp³-hybridized carbons (Fsp3) is 0.525. The Morgan fingerprint density at radius 2 is 1.42 bits per heavy atom. The molecule has 0 spiro atoms. The van der Waals surface area contributed by atoms with Gasteiger partial charge < -0.3 is 57.1 Å². The fourth-order valence-electron chi connectivity index (χ4n) is 10.0. The minimum atomic E-state index is -1.81. The first-order valence-electron chi connectivity index (χ1n) is 29.1. The normalized spacial score (nSPS) is 15.2. The van der Waals surface area contributed by atoms with Crippen molar-refractivity contribution in [3.63, 3.8) is 0 Å². The van der Waals surface area contributed by atoms with Gasteiger partial charge in [0.05, 0.1) is 18.5 Å². The number of aliphatic carboxylic acids is 2. The molecule has 1 aliphatic rings. The van der Waals surface area contributed by atoms with Crippen molar-refractivity contribution in [2.45, 2.75) is 162 Å². The van der Waals surface area contributed by atoms with Crippen LogP contribution in [0, 0.1) is 28.9 Å². The van der Waals surface area contributed by atoms with E-state index in [9.17, 15) is 76.9 Å². The van der Waals surface area contributed by atoms with Crippen LogP contribution in [0.5, 0.6) is 0 Å². The molecule has 1 saturated heterocycles. The molecule has 3 aromatic rings. The number of hydrogen-bond donors (Lipinski definition) is 9. The van der Waals surface area contributed by atoms with Crippen LogP contribution < -0.4 is 32.3 Å². The van der Waals surface area contributed by atoms with Crippen LogP contribution >= 0.6 is 0 Å². The zero-order valence-electron chi connectivity index (χ0n) is 50.4. The summed E-state index contributed by atoms with van der Waals surface area (Å²) < 4.78 is 31.8. The van der Waals surface area contributed by atoms with Crippen molar-refractivity contribution in [3.8, 4) is 11.1 Å². The minimum Gasteiger partial charge on any atom is -0.481 e. The third-order valence-corrected chi connectivity index (χ3v) is 14.7. The van der Waals surface area contributed by atoms with Crippen LogP contribution in [0.3, 0.4) is 0 Å². The maximum Gasteiger partial charge on any atom is 0.326 e. The number of amides is 9. The molecule has 2 heterocycles. The van der Waals surface area contributed by atoms with Crippen molar-refractivity contribution in [2.24, 2.45) is 23.0 Å². The molecule has 0 radical (unpaired) electrons. The Hall–Kier alpha value is -8.75. The highest BCUT2D eigenvalue weighted by molar-refractivity contribution is 6.03. The number of carboxylic acids is 2. The summed E-state index contributed by atoms with van der Waals surface area (Å²) in [5.41, 5.74) is 5.85. The standard InChI is InChI=1S/C61H81F2N9O16/c1-35(27-48(75)37(3)66-50(77)20-17-41(74)15-11-8-12-25-72-52(79)28-36(2)59(72)86)56(83)69-46(31-49(64)76)58(85)68-44(57(84)65-24-22-51(78)67-45(60(87)88)19-21-54(81)82)23-26-71(53(80)34-73)55(61(4,5)6)47-29-39(42-30-40(62)16-18-43(42)63)33-70(47)32-38-13-9-7-10-14-38/h7,9-10,13-14,16,18,29-30,33,35-37,44-46,55,73H,8,11-12,15,17,19-28,31-32,34H2,1-6H3,(H2,64,76)(H,65,84)(H,66,77)(H,67,78)(H,68,85)(H,69,83)(H,81,82)(H,87,88)/t35-,36?,37+,44+,45+,46+,55+/m1/s1. The van der Waals surface area contributed by atoms with E-state index in [0.29, 0.717) is 25.0 Å². The molecule has 0 saturated carbocycles. The summed E-state index contributed by atoms with van der Waals surface area (Å²) >= 11 is 0. The number of aliphatic hydroxyl groups excluding tert-OH is 1. The number of hydrogen-bond acceptors (Lipinski definition) is 14. The molecule has 1 aromatic heterocycles. The monoisotopic (exact) mass is 1230 g/mol. The number of aromatic nitrogens is 1. The van der Waals surface area contributed by atoms with Crippen molar-refractivity contribution < 1.29 is 86.4 Å². The number of nitrogens with one attached hydrogen (secondary N) is 5. The molecule has 25 nitrogen and oxygen atoms in total. The lowest BCUT2D eigenvalue weighted by molar-refractivity contribution is -0.143. The topological polar surface area (TPSA) is 380 Å². The van der Waals surface area contributed by atoms with Crippen molar-refractivity contribution in [1.82, 2.24) is 41.0 Å². The van der Waals surface area contributed by atoms with Crippen LogP contribution in [-0.2, 0) is 68.9 Å². The number of rotatable bonds is 37. The molecule has 1 unspecified atom stereocenters. The number of halogens is 2. The van der Waals surface area contributed by atoms with Crippen molar-refractivity contribution in [3.05, 3.63) is 83.7 Å². The largest absolute Gasteiger partial charge is 0.481 e. The van der Waals surface area contributed by atoms with E-state index in [1.165, 1.54) is 23.6 Å². The number of benzene rings is 2. The average molecular weight is 1230 g/mol. The Kier molecular flexibility index (Phi) is 27.7. The first kappa shape index (κ1) is 71.7. The first-order valence-corrected chi connectivity index (χ1v) is 29.1. The predicted molar refractivity (Wildman–Crippen MR) is 312 cm³/mol. The molecular weight excluding hydrogens is 1150 g/mol. The van der Waals surface area contributed by atoms with E-state index in [0.717, 1.165) is 23.8 Å². The molecule has 4 rings (SSSR count). The van der Waals surface area contributed by atoms with Crippen LogP contribution in [0.25, 0.3) is 11.1 Å². The van der Waals surface area contributed by atoms with Gasteiger partial charge in [0.1, 0.15) is 42.2 Å². The number of nitrogens with zero attached hydrogens (tertiary/aromatic N) is 3. The van der Waals surface area contributed by atoms with Crippen LogP contribution in [0.2, 0.25) is 0 Å². The summed E-state index contributed by atoms with van der Waals surface area (Å²) in [6.45, 7) is 8.07. The molecule has 0 aliphatic carbocycles. The second-order valence-corrected chi connectivity index (χ2v) is 23.1. The highest BCUT2D eigenvalue weighted by Gasteiger charge is 2.39. The molecule has 480 valence electrons. The number of imide groups is 1. The molecular formula is C61H81F2N9O16. The highest BCUT2D eigenvalue weighted by Crippen LogP contribution is 2.41. The van der Waals surface area contributed by atoms with Crippen LogP contribution in [0.15, 0.2) is 60.8 Å². The summed E-state index contributed by atoms with van der Waals surface area (Å²) in [5.74, 6) is -13.8. The van der Waals surface area contributed by atoms with E-state index >= 15 is 4.39 Å². The number of primary amides is 1. The summed E-state index contributed by atoms with van der Waals surface area (Å²) in [7, 11) is 0. The molecule has 7 atom stereocenters. The summed E-state index contributed by atoms with van der Waals surface area (Å²) in [4.78, 5) is 170. The van der Waals surface area contributed by atoms with Gasteiger partial charge in [-0.2, -0.15) is 0 Å². The van der Waals surface area contributed by atoms with Crippen molar-refractivity contribution >= 4 is 76.7 Å². The van der Waals surface area contributed by atoms with Gasteiger partial charge in [-0.25, -0.2) is 13.6 Å². The predicted octanol–water partition coefficient (Wildman–Crippen LogP) is 2.97. The van der Waals surface area contributed by atoms with Crippen LogP contribution in [0.1, 0.15) is 142 Å². The molecule has 10 N–H and O–H groups in total. The van der Waals surface area contributed by atoms with E-state index in [4.69, 9.17) is 10.8 Å². The van der Waals surface area contributed by atoms with Gasteiger partial charge in [0.25, 0.3) is 0 Å². The zero-order valence-corrected chi connectivity index (χ0v) is 50.4. The molecule has 2 aromatic carbocycles. The van der Waals surface area contributed by atoms with Crippen LogP contribution in [-0.4, -0.2) is 157 Å². The average Bonchev–Trinajstić information content (AvgIpc) is 2.58. The third-order valence-electron chi connectivity index (χ3n) is 14.7. The second-order valence-electron chi connectivity index (χ2n) is 23.1. The van der Waals surface area contributed by atoms with Gasteiger partial charge in [0.2, 0.25) is 53.2 Å². The number of carboxylic acid groups (broad SMARTS) is 2. The second kappa shape index (κ2) is 34.0. The Balaban J connectivity index is 1.54.